The number of halogens is 5. The van der Waals surface area contributed by atoms with E-state index in [-0.39, 0.29) is 29.1 Å². The molecule has 0 aliphatic carbocycles. The molecular formula is C24H17Cl2F3N4O2. The van der Waals surface area contributed by atoms with Crippen LogP contribution in [0.2, 0.25) is 10.0 Å². The van der Waals surface area contributed by atoms with E-state index >= 15 is 0 Å². The van der Waals surface area contributed by atoms with Crippen LogP contribution in [0, 0.1) is 0 Å². The Morgan fingerprint density at radius 3 is 2.57 bits per heavy atom. The fourth-order valence-corrected chi connectivity index (χ4v) is 4.60. The van der Waals surface area contributed by atoms with E-state index in [1.165, 1.54) is 18.2 Å². The molecule has 6 nitrogen and oxygen atoms in total. The smallest absolute Gasteiger partial charge is 0.332 e. The molecule has 4 aromatic rings. The van der Waals surface area contributed by atoms with E-state index in [0.29, 0.717) is 16.1 Å². The van der Waals surface area contributed by atoms with Gasteiger partial charge < -0.3 is 4.57 Å². The number of rotatable bonds is 4. The lowest BCUT2D eigenvalue weighted by molar-refractivity contribution is -0.144. The molecule has 0 bridgehead atoms. The van der Waals surface area contributed by atoms with E-state index in [4.69, 9.17) is 28.0 Å². The first kappa shape index (κ1) is 23.6. The molecule has 180 valence electrons. The molecule has 1 aliphatic heterocycles. The molecule has 1 amide bonds. The standard InChI is InChI=1S/C24H17Cl2F3N4O2/c25-16-6-5-15(18(26)11-16)12-32-19-4-2-1-3-17(19)20(21(32)24(27,28)29)23(34)33-13-31-22(35-33)14-7-9-30-10-8-14/h1-11,22,31H,12-13H2. The van der Waals surface area contributed by atoms with Gasteiger partial charge in [0, 0.05) is 45.5 Å². The summed E-state index contributed by atoms with van der Waals surface area (Å²) in [5.41, 5.74) is -0.211. The third-order valence-corrected chi connectivity index (χ3v) is 6.27. The molecule has 11 heteroatoms. The molecule has 2 aromatic carbocycles. The Hall–Kier alpha value is -3.11. The van der Waals surface area contributed by atoms with Gasteiger partial charge in [0.15, 0.2) is 6.23 Å². The molecule has 5 rings (SSSR count). The minimum absolute atomic E-state index is 0.0916. The van der Waals surface area contributed by atoms with Gasteiger partial charge in [-0.2, -0.15) is 13.2 Å². The van der Waals surface area contributed by atoms with Crippen molar-refractivity contribution >= 4 is 40.0 Å². The molecule has 35 heavy (non-hydrogen) atoms. The molecule has 1 saturated heterocycles. The van der Waals surface area contributed by atoms with Crippen LogP contribution < -0.4 is 5.32 Å². The van der Waals surface area contributed by atoms with E-state index < -0.39 is 29.6 Å². The second-order valence-corrected chi connectivity index (χ2v) is 8.72. The van der Waals surface area contributed by atoms with Crippen LogP contribution in [0.3, 0.4) is 0 Å². The molecule has 1 fully saturated rings. The van der Waals surface area contributed by atoms with Crippen LogP contribution in [0.25, 0.3) is 10.9 Å². The number of fused-ring (bicyclic) bond motifs is 1. The zero-order chi connectivity index (χ0) is 24.7. The van der Waals surface area contributed by atoms with Crippen LogP contribution in [-0.2, 0) is 17.6 Å². The summed E-state index contributed by atoms with van der Waals surface area (Å²) in [6.07, 6.45) is -2.41. The number of carbonyl (C=O) groups is 1. The lowest BCUT2D eigenvalue weighted by Gasteiger charge is -2.18. The van der Waals surface area contributed by atoms with Crippen LogP contribution in [0.5, 0.6) is 0 Å². The number of carbonyl (C=O) groups excluding carboxylic acids is 1. The number of pyridine rings is 1. The lowest BCUT2D eigenvalue weighted by Crippen LogP contribution is -2.30. The van der Waals surface area contributed by atoms with Crippen molar-refractivity contribution < 1.29 is 22.8 Å². The molecule has 0 radical (unpaired) electrons. The average Bonchev–Trinajstić information content (AvgIpc) is 3.45. The largest absolute Gasteiger partial charge is 0.432 e. The molecule has 0 spiro atoms. The third kappa shape index (κ3) is 4.48. The van der Waals surface area contributed by atoms with Gasteiger partial charge in [-0.05, 0) is 35.9 Å². The van der Waals surface area contributed by atoms with E-state index in [1.807, 2.05) is 0 Å². The number of nitrogens with one attached hydrogen (secondary N) is 1. The number of nitrogens with zero attached hydrogens (tertiary/aromatic N) is 3. The normalized spacial score (nSPS) is 16.3. The predicted molar refractivity (Wildman–Crippen MR) is 125 cm³/mol. The van der Waals surface area contributed by atoms with E-state index in [2.05, 4.69) is 10.3 Å². The minimum atomic E-state index is -4.83. The van der Waals surface area contributed by atoms with Crippen LogP contribution >= 0.6 is 23.2 Å². The second kappa shape index (κ2) is 9.16. The van der Waals surface area contributed by atoms with Crippen molar-refractivity contribution in [2.45, 2.75) is 18.9 Å². The number of para-hydroxylation sites is 1. The molecule has 1 aliphatic rings. The molecule has 1 atom stereocenters. The summed E-state index contributed by atoms with van der Waals surface area (Å²) in [6.45, 7) is -0.303. The van der Waals surface area contributed by atoms with Crippen molar-refractivity contribution in [2.24, 2.45) is 0 Å². The maximum atomic E-state index is 14.5. The highest BCUT2D eigenvalue weighted by molar-refractivity contribution is 6.35. The summed E-state index contributed by atoms with van der Waals surface area (Å²) in [4.78, 5) is 23.1. The first-order valence-corrected chi connectivity index (χ1v) is 11.2. The Balaban J connectivity index is 1.60. The quantitative estimate of drug-likeness (QED) is 0.356. The summed E-state index contributed by atoms with van der Waals surface area (Å²) in [5, 5.41) is 4.63. The first-order valence-electron chi connectivity index (χ1n) is 10.5. The number of hydroxylamine groups is 2. The Morgan fingerprint density at radius 2 is 1.86 bits per heavy atom. The van der Waals surface area contributed by atoms with Crippen molar-refractivity contribution in [3.8, 4) is 0 Å². The fraction of sp³-hybridized carbons (Fsp3) is 0.167. The highest BCUT2D eigenvalue weighted by Gasteiger charge is 2.43. The van der Waals surface area contributed by atoms with Crippen molar-refractivity contribution in [3.05, 3.63) is 99.4 Å². The summed E-state index contributed by atoms with van der Waals surface area (Å²) >= 11 is 12.2. The highest BCUT2D eigenvalue weighted by Crippen LogP contribution is 2.40. The zero-order valence-corrected chi connectivity index (χ0v) is 19.4. The number of hydrogen-bond acceptors (Lipinski definition) is 4. The SMILES string of the molecule is O=C(c1c(C(F)(F)F)n(Cc2ccc(Cl)cc2Cl)c2ccccc12)N1CNC(c2ccncc2)O1. The number of hydrogen-bond donors (Lipinski definition) is 1. The maximum absolute atomic E-state index is 14.5. The highest BCUT2D eigenvalue weighted by atomic mass is 35.5. The van der Waals surface area contributed by atoms with E-state index in [1.54, 1.807) is 48.8 Å². The number of amides is 1. The van der Waals surface area contributed by atoms with E-state index in [9.17, 15) is 18.0 Å². The number of alkyl halides is 3. The molecule has 3 heterocycles. The number of benzene rings is 2. The molecule has 1 N–H and O–H groups in total. The fourth-order valence-electron chi connectivity index (χ4n) is 4.13. The van der Waals surface area contributed by atoms with Crippen molar-refractivity contribution in [2.75, 3.05) is 6.67 Å². The van der Waals surface area contributed by atoms with Gasteiger partial charge in [-0.15, -0.1) is 0 Å². The molecule has 0 saturated carbocycles. The van der Waals surface area contributed by atoms with Gasteiger partial charge in [0.25, 0.3) is 5.91 Å². The Bertz CT molecular complexity index is 1410. The van der Waals surface area contributed by atoms with Crippen LogP contribution in [0.15, 0.2) is 67.0 Å². The molecular weight excluding hydrogens is 504 g/mol. The van der Waals surface area contributed by atoms with Crippen molar-refractivity contribution in [3.63, 3.8) is 0 Å². The van der Waals surface area contributed by atoms with Crippen LogP contribution in [0.1, 0.15) is 33.4 Å². The van der Waals surface area contributed by atoms with Crippen LogP contribution in [0.4, 0.5) is 13.2 Å². The summed E-state index contributed by atoms with van der Waals surface area (Å²) in [6, 6.07) is 14.2. The average molecular weight is 521 g/mol. The van der Waals surface area contributed by atoms with Gasteiger partial charge in [0.05, 0.1) is 5.56 Å². The summed E-state index contributed by atoms with van der Waals surface area (Å²) in [5.74, 6) is -0.904. The van der Waals surface area contributed by atoms with Gasteiger partial charge in [-0.25, -0.2) is 9.90 Å². The van der Waals surface area contributed by atoms with Crippen molar-refractivity contribution in [1.82, 2.24) is 19.9 Å². The Morgan fingerprint density at radius 1 is 1.11 bits per heavy atom. The first-order chi connectivity index (χ1) is 16.7. The molecule has 2 aromatic heterocycles. The van der Waals surface area contributed by atoms with Gasteiger partial charge in [-0.1, -0.05) is 47.5 Å². The van der Waals surface area contributed by atoms with Crippen molar-refractivity contribution in [1.29, 1.82) is 0 Å². The minimum Gasteiger partial charge on any atom is -0.332 e. The van der Waals surface area contributed by atoms with E-state index in [0.717, 1.165) is 9.63 Å². The van der Waals surface area contributed by atoms with Gasteiger partial charge in [-0.3, -0.25) is 15.1 Å². The van der Waals surface area contributed by atoms with Gasteiger partial charge in [0.2, 0.25) is 0 Å². The summed E-state index contributed by atoms with van der Waals surface area (Å²) in [7, 11) is 0. The monoisotopic (exact) mass is 520 g/mol. The predicted octanol–water partition coefficient (Wildman–Crippen LogP) is 6.04. The van der Waals surface area contributed by atoms with Gasteiger partial charge in [0.1, 0.15) is 12.4 Å². The zero-order valence-electron chi connectivity index (χ0n) is 17.9. The van der Waals surface area contributed by atoms with Crippen LogP contribution in [-0.4, -0.2) is 27.2 Å². The topological polar surface area (TPSA) is 59.4 Å². The summed E-state index contributed by atoms with van der Waals surface area (Å²) < 4.78 is 44.5. The Kier molecular flexibility index (Phi) is 6.18. The number of aromatic nitrogens is 2. The molecule has 1 unspecified atom stereocenters. The third-order valence-electron chi connectivity index (χ3n) is 5.69. The Labute approximate surface area is 207 Å². The second-order valence-electron chi connectivity index (χ2n) is 7.87. The maximum Gasteiger partial charge on any atom is 0.432 e. The van der Waals surface area contributed by atoms with Gasteiger partial charge >= 0.3 is 6.18 Å². The lowest BCUT2D eigenvalue weighted by atomic mass is 10.1.